The molecule has 1 aliphatic rings. The van der Waals surface area contributed by atoms with Crippen LogP contribution in [0.1, 0.15) is 36.9 Å². The Balaban J connectivity index is 0.00000220. The molecule has 1 aromatic rings. The van der Waals surface area contributed by atoms with Crippen LogP contribution in [0.4, 0.5) is 5.69 Å². The number of nitrogen functional groups attached to an aromatic ring is 1. The number of hydrogen-bond donors (Lipinski definition) is 2. The lowest BCUT2D eigenvalue weighted by Gasteiger charge is -2.27. The molecule has 21 heavy (non-hydrogen) atoms. The molecule has 0 aliphatic heterocycles. The second kappa shape index (κ2) is 7.45. The Labute approximate surface area is 132 Å². The molecule has 1 aromatic carbocycles. The number of methoxy groups -OCH3 is 1. The standard InChI is InChI=1S/C14H22N2O3S.ClH/c1-10(19-2)9-20(17,18)16-14-5-3-4-11-8-12(15)6-7-13(11)14;/h6-8,10,14,16H,3-5,9,15H2,1-2H3;1H. The van der Waals surface area contributed by atoms with Gasteiger partial charge in [0.05, 0.1) is 11.9 Å². The largest absolute Gasteiger partial charge is 0.399 e. The zero-order chi connectivity index (χ0) is 14.8. The molecule has 0 fully saturated rings. The van der Waals surface area contributed by atoms with Crippen molar-refractivity contribution in [3.63, 3.8) is 0 Å². The lowest BCUT2D eigenvalue weighted by atomic mass is 9.88. The van der Waals surface area contributed by atoms with Crippen molar-refractivity contribution < 1.29 is 13.2 Å². The zero-order valence-electron chi connectivity index (χ0n) is 12.3. The lowest BCUT2D eigenvalue weighted by Crippen LogP contribution is -2.36. The first-order chi connectivity index (χ1) is 9.41. The maximum absolute atomic E-state index is 12.1. The summed E-state index contributed by atoms with van der Waals surface area (Å²) in [6, 6.07) is 5.53. The Morgan fingerprint density at radius 3 is 2.86 bits per heavy atom. The lowest BCUT2D eigenvalue weighted by molar-refractivity contribution is 0.136. The summed E-state index contributed by atoms with van der Waals surface area (Å²) in [5.74, 6) is -0.0235. The first kappa shape index (κ1) is 18.2. The topological polar surface area (TPSA) is 81.4 Å². The summed E-state index contributed by atoms with van der Waals surface area (Å²) >= 11 is 0. The van der Waals surface area contributed by atoms with E-state index in [1.54, 1.807) is 6.92 Å². The van der Waals surface area contributed by atoms with Gasteiger partial charge in [0.1, 0.15) is 0 Å². The van der Waals surface area contributed by atoms with Gasteiger partial charge < -0.3 is 10.5 Å². The molecule has 1 aliphatic carbocycles. The van der Waals surface area contributed by atoms with Gasteiger partial charge in [0.15, 0.2) is 0 Å². The number of nitrogens with one attached hydrogen (secondary N) is 1. The molecule has 5 nitrogen and oxygen atoms in total. The molecule has 0 amide bonds. The van der Waals surface area contributed by atoms with Crippen LogP contribution in [0.2, 0.25) is 0 Å². The van der Waals surface area contributed by atoms with E-state index in [4.69, 9.17) is 10.5 Å². The molecule has 0 spiro atoms. The van der Waals surface area contributed by atoms with Crippen molar-refractivity contribution in [1.82, 2.24) is 4.72 Å². The highest BCUT2D eigenvalue weighted by Gasteiger charge is 2.25. The second-order valence-corrected chi connectivity index (χ2v) is 7.15. The minimum Gasteiger partial charge on any atom is -0.399 e. The van der Waals surface area contributed by atoms with Crippen LogP contribution in [-0.4, -0.2) is 27.4 Å². The number of benzene rings is 1. The zero-order valence-corrected chi connectivity index (χ0v) is 14.0. The van der Waals surface area contributed by atoms with Gasteiger partial charge in [-0.25, -0.2) is 13.1 Å². The van der Waals surface area contributed by atoms with Crippen LogP contribution in [0.3, 0.4) is 0 Å². The van der Waals surface area contributed by atoms with E-state index in [1.807, 2.05) is 18.2 Å². The molecule has 0 radical (unpaired) electrons. The number of rotatable bonds is 5. The molecule has 2 unspecified atom stereocenters. The summed E-state index contributed by atoms with van der Waals surface area (Å²) in [5.41, 5.74) is 8.69. The molecule has 120 valence electrons. The van der Waals surface area contributed by atoms with Crippen molar-refractivity contribution in [1.29, 1.82) is 0 Å². The van der Waals surface area contributed by atoms with Gasteiger partial charge in [-0.3, -0.25) is 0 Å². The number of nitrogens with two attached hydrogens (primary N) is 1. The average Bonchev–Trinajstić information content (AvgIpc) is 2.37. The Morgan fingerprint density at radius 2 is 2.19 bits per heavy atom. The highest BCUT2D eigenvalue weighted by Crippen LogP contribution is 2.31. The number of aryl methyl sites for hydroxylation is 1. The van der Waals surface area contributed by atoms with E-state index >= 15 is 0 Å². The Kier molecular flexibility index (Phi) is 6.46. The Hall–Kier alpha value is -0.820. The quantitative estimate of drug-likeness (QED) is 0.807. The number of halogens is 1. The van der Waals surface area contributed by atoms with Crippen molar-refractivity contribution in [2.24, 2.45) is 0 Å². The maximum atomic E-state index is 12.1. The third kappa shape index (κ3) is 4.85. The summed E-state index contributed by atoms with van der Waals surface area (Å²) in [6.07, 6.45) is 2.41. The van der Waals surface area contributed by atoms with Crippen LogP contribution >= 0.6 is 12.4 Å². The van der Waals surface area contributed by atoms with E-state index in [9.17, 15) is 8.42 Å². The van der Waals surface area contributed by atoms with Gasteiger partial charge in [0.25, 0.3) is 0 Å². The number of sulfonamides is 1. The molecule has 2 rings (SSSR count). The Bertz CT molecular complexity index is 578. The molecule has 0 saturated heterocycles. The van der Waals surface area contributed by atoms with Crippen LogP contribution < -0.4 is 10.5 Å². The van der Waals surface area contributed by atoms with Gasteiger partial charge in [-0.1, -0.05) is 6.07 Å². The average molecular weight is 335 g/mol. The fourth-order valence-corrected chi connectivity index (χ4v) is 4.13. The van der Waals surface area contributed by atoms with Crippen LogP contribution in [0, 0.1) is 0 Å². The van der Waals surface area contributed by atoms with Crippen molar-refractivity contribution in [2.45, 2.75) is 38.3 Å². The van der Waals surface area contributed by atoms with E-state index in [0.29, 0.717) is 0 Å². The normalized spacial score (nSPS) is 19.4. The predicted octanol–water partition coefficient (Wildman–Crippen LogP) is 2.02. The molecule has 0 aromatic heterocycles. The third-order valence-electron chi connectivity index (χ3n) is 3.66. The molecule has 0 saturated carbocycles. The van der Waals surface area contributed by atoms with Gasteiger partial charge in [-0.05, 0) is 49.4 Å². The molecule has 7 heteroatoms. The Morgan fingerprint density at radius 1 is 1.48 bits per heavy atom. The summed E-state index contributed by atoms with van der Waals surface area (Å²) in [7, 11) is -1.84. The monoisotopic (exact) mass is 334 g/mol. The number of ether oxygens (including phenoxy) is 1. The molecule has 0 bridgehead atoms. The molecular formula is C14H23ClN2O3S. The molecule has 3 N–H and O–H groups in total. The third-order valence-corrected chi connectivity index (χ3v) is 5.21. The SMILES string of the molecule is COC(C)CS(=O)(=O)NC1CCCc2cc(N)ccc21.Cl. The van der Waals surface area contributed by atoms with Gasteiger partial charge in [-0.15, -0.1) is 12.4 Å². The minimum atomic E-state index is -3.35. The number of fused-ring (bicyclic) bond motifs is 1. The summed E-state index contributed by atoms with van der Waals surface area (Å²) in [4.78, 5) is 0. The number of anilines is 1. The number of hydrogen-bond acceptors (Lipinski definition) is 4. The van der Waals surface area contributed by atoms with Crippen molar-refractivity contribution in [2.75, 3.05) is 18.6 Å². The summed E-state index contributed by atoms with van der Waals surface area (Å²) in [5, 5.41) is 0. The van der Waals surface area contributed by atoms with Gasteiger partial charge in [-0.2, -0.15) is 0 Å². The molecule has 0 heterocycles. The molecule has 2 atom stereocenters. The highest BCUT2D eigenvalue weighted by molar-refractivity contribution is 7.89. The van der Waals surface area contributed by atoms with E-state index in [1.165, 1.54) is 7.11 Å². The van der Waals surface area contributed by atoms with Crippen molar-refractivity contribution in [3.8, 4) is 0 Å². The smallest absolute Gasteiger partial charge is 0.214 e. The van der Waals surface area contributed by atoms with Gasteiger partial charge in [0.2, 0.25) is 10.0 Å². The fraction of sp³-hybridized carbons (Fsp3) is 0.571. The van der Waals surface area contributed by atoms with Crippen LogP contribution in [-0.2, 0) is 21.2 Å². The van der Waals surface area contributed by atoms with E-state index in [0.717, 1.165) is 36.1 Å². The first-order valence-corrected chi connectivity index (χ1v) is 8.47. The van der Waals surface area contributed by atoms with Crippen LogP contribution in [0.5, 0.6) is 0 Å². The molecular weight excluding hydrogens is 312 g/mol. The summed E-state index contributed by atoms with van der Waals surface area (Å²) < 4.78 is 32.1. The predicted molar refractivity (Wildman–Crippen MR) is 87.2 cm³/mol. The van der Waals surface area contributed by atoms with E-state index in [2.05, 4.69) is 4.72 Å². The van der Waals surface area contributed by atoms with Crippen LogP contribution in [0.25, 0.3) is 0 Å². The van der Waals surface area contributed by atoms with Gasteiger partial charge in [0, 0.05) is 18.8 Å². The maximum Gasteiger partial charge on any atom is 0.214 e. The second-order valence-electron chi connectivity index (χ2n) is 5.35. The van der Waals surface area contributed by atoms with Crippen LogP contribution in [0.15, 0.2) is 18.2 Å². The van der Waals surface area contributed by atoms with E-state index in [-0.39, 0.29) is 30.3 Å². The minimum absolute atomic E-state index is 0. The van der Waals surface area contributed by atoms with Crippen molar-refractivity contribution in [3.05, 3.63) is 29.3 Å². The fourth-order valence-electron chi connectivity index (χ4n) is 2.60. The van der Waals surface area contributed by atoms with Gasteiger partial charge >= 0.3 is 0 Å². The highest BCUT2D eigenvalue weighted by atomic mass is 35.5. The van der Waals surface area contributed by atoms with E-state index < -0.39 is 10.0 Å². The first-order valence-electron chi connectivity index (χ1n) is 6.82. The summed E-state index contributed by atoms with van der Waals surface area (Å²) in [6.45, 7) is 1.74. The van der Waals surface area contributed by atoms with Crippen molar-refractivity contribution >= 4 is 28.1 Å².